The van der Waals surface area contributed by atoms with Crippen molar-refractivity contribution in [1.29, 1.82) is 0 Å². The van der Waals surface area contributed by atoms with Gasteiger partial charge >= 0.3 is 0 Å². The summed E-state index contributed by atoms with van der Waals surface area (Å²) >= 11 is 3.37. The lowest BCUT2D eigenvalue weighted by molar-refractivity contribution is 0.653. The number of rotatable bonds is 6. The Morgan fingerprint density at radius 2 is 2.20 bits per heavy atom. The maximum Gasteiger partial charge on any atom is 0.194 e. The van der Waals surface area contributed by atoms with Gasteiger partial charge < -0.3 is 5.32 Å². The summed E-state index contributed by atoms with van der Waals surface area (Å²) in [6, 6.07) is 4.03. The third kappa shape index (κ3) is 2.87. The smallest absolute Gasteiger partial charge is 0.194 e. The van der Waals surface area contributed by atoms with Crippen LogP contribution in [0.2, 0.25) is 0 Å². The highest BCUT2D eigenvalue weighted by Gasteiger charge is 2.13. The average molecular weight is 304 g/mol. The van der Waals surface area contributed by atoms with Gasteiger partial charge in [0.05, 0.1) is 5.69 Å². The van der Waals surface area contributed by atoms with E-state index in [9.17, 15) is 0 Å². The number of pyridine rings is 1. The normalized spacial score (nSPS) is 11.2. The van der Waals surface area contributed by atoms with E-state index in [1.165, 1.54) is 10.6 Å². The van der Waals surface area contributed by atoms with Gasteiger partial charge in [-0.1, -0.05) is 18.7 Å². The molecule has 0 saturated heterocycles. The number of aromatic nitrogens is 3. The van der Waals surface area contributed by atoms with Crippen molar-refractivity contribution >= 4 is 28.1 Å². The van der Waals surface area contributed by atoms with Crippen molar-refractivity contribution in [3.63, 3.8) is 0 Å². The molecule has 0 atom stereocenters. The Kier molecular flexibility index (Phi) is 4.34. The number of fused-ring (bicyclic) bond motifs is 1. The van der Waals surface area contributed by atoms with Crippen molar-refractivity contribution in [2.75, 3.05) is 6.54 Å². The number of nitrogens with one attached hydrogen (secondary N) is 1. The highest BCUT2D eigenvalue weighted by molar-refractivity contribution is 7.99. The van der Waals surface area contributed by atoms with Crippen molar-refractivity contribution in [1.82, 2.24) is 19.7 Å². The topological polar surface area (TPSA) is 42.2 Å². The fourth-order valence-electron chi connectivity index (χ4n) is 1.96. The lowest BCUT2D eigenvalue weighted by Gasteiger charge is -2.05. The zero-order chi connectivity index (χ0) is 13.8. The lowest BCUT2D eigenvalue weighted by atomic mass is 10.4. The number of imidazole rings is 1. The summed E-state index contributed by atoms with van der Waals surface area (Å²) in [5.41, 5.74) is 1.23. The fraction of sp³-hybridized carbons (Fsp3) is 0.286. The molecule has 0 radical (unpaired) electrons. The third-order valence-electron chi connectivity index (χ3n) is 2.91. The van der Waals surface area contributed by atoms with E-state index in [-0.39, 0.29) is 0 Å². The van der Waals surface area contributed by atoms with Crippen LogP contribution >= 0.6 is 23.1 Å². The van der Waals surface area contributed by atoms with Gasteiger partial charge in [0.2, 0.25) is 0 Å². The van der Waals surface area contributed by atoms with Gasteiger partial charge in [0.1, 0.15) is 5.03 Å². The number of thiazole rings is 1. The summed E-state index contributed by atoms with van der Waals surface area (Å²) in [6.45, 7) is 4.05. The Morgan fingerprint density at radius 3 is 3.00 bits per heavy atom. The van der Waals surface area contributed by atoms with E-state index in [0.29, 0.717) is 0 Å². The van der Waals surface area contributed by atoms with E-state index in [4.69, 9.17) is 4.98 Å². The number of hydrogen-bond donors (Lipinski definition) is 1. The molecule has 0 fully saturated rings. The first-order chi connectivity index (χ1) is 9.88. The SMILES string of the molecule is CCCNCc1c(Sc2ccncc2)nc2sccn12. The Labute approximate surface area is 126 Å². The van der Waals surface area contributed by atoms with Crippen molar-refractivity contribution in [3.05, 3.63) is 41.8 Å². The van der Waals surface area contributed by atoms with Gasteiger partial charge in [0.25, 0.3) is 0 Å². The highest BCUT2D eigenvalue weighted by Crippen LogP contribution is 2.31. The standard InChI is InChI=1S/C14H16N4S2/c1-2-5-16-10-12-13(17-14-18(12)8-9-19-14)20-11-3-6-15-7-4-11/h3-4,6-9,16H,2,5,10H2,1H3. The third-order valence-corrected chi connectivity index (χ3v) is 4.69. The van der Waals surface area contributed by atoms with E-state index in [1.54, 1.807) is 23.1 Å². The van der Waals surface area contributed by atoms with Gasteiger partial charge in [-0.05, 0) is 25.1 Å². The molecule has 0 amide bonds. The van der Waals surface area contributed by atoms with E-state index in [0.717, 1.165) is 29.5 Å². The summed E-state index contributed by atoms with van der Waals surface area (Å²) in [4.78, 5) is 11.0. The van der Waals surface area contributed by atoms with Crippen LogP contribution in [-0.4, -0.2) is 20.9 Å². The molecule has 3 heterocycles. The Bertz CT molecular complexity index is 675. The quantitative estimate of drug-likeness (QED) is 0.708. The minimum absolute atomic E-state index is 0.846. The molecule has 6 heteroatoms. The van der Waals surface area contributed by atoms with E-state index < -0.39 is 0 Å². The van der Waals surface area contributed by atoms with E-state index in [2.05, 4.69) is 33.2 Å². The molecule has 1 N–H and O–H groups in total. The first-order valence-electron chi connectivity index (χ1n) is 6.61. The molecule has 0 saturated carbocycles. The summed E-state index contributed by atoms with van der Waals surface area (Å²) in [5.74, 6) is 0. The summed E-state index contributed by atoms with van der Waals surface area (Å²) in [5, 5.41) is 6.62. The summed E-state index contributed by atoms with van der Waals surface area (Å²) in [7, 11) is 0. The zero-order valence-electron chi connectivity index (χ0n) is 11.2. The van der Waals surface area contributed by atoms with Gasteiger partial charge in [-0.2, -0.15) is 0 Å². The minimum atomic E-state index is 0.846. The monoisotopic (exact) mass is 304 g/mol. The van der Waals surface area contributed by atoms with Gasteiger partial charge in [-0.3, -0.25) is 9.38 Å². The molecule has 0 bridgehead atoms. The van der Waals surface area contributed by atoms with Crippen LogP contribution in [0, 0.1) is 0 Å². The molecule has 3 aromatic rings. The van der Waals surface area contributed by atoms with Crippen LogP contribution in [0.25, 0.3) is 4.96 Å². The summed E-state index contributed by atoms with van der Waals surface area (Å²) in [6.07, 6.45) is 6.86. The summed E-state index contributed by atoms with van der Waals surface area (Å²) < 4.78 is 2.18. The molecule has 0 unspecified atom stereocenters. The van der Waals surface area contributed by atoms with Crippen molar-refractivity contribution < 1.29 is 0 Å². The molecule has 3 rings (SSSR count). The molecule has 0 aliphatic rings. The molecule has 0 aliphatic carbocycles. The van der Waals surface area contributed by atoms with E-state index >= 15 is 0 Å². The Morgan fingerprint density at radius 1 is 1.35 bits per heavy atom. The second-order valence-electron chi connectivity index (χ2n) is 4.38. The first kappa shape index (κ1) is 13.6. The molecule has 3 aromatic heterocycles. The number of hydrogen-bond acceptors (Lipinski definition) is 5. The maximum absolute atomic E-state index is 4.73. The average Bonchev–Trinajstić information content (AvgIpc) is 3.03. The molecule has 0 spiro atoms. The predicted molar refractivity (Wildman–Crippen MR) is 83.4 cm³/mol. The van der Waals surface area contributed by atoms with Gasteiger partial charge in [0.15, 0.2) is 4.96 Å². The second kappa shape index (κ2) is 6.39. The Hall–Kier alpha value is -1.37. The van der Waals surface area contributed by atoms with Gasteiger partial charge in [0, 0.05) is 35.4 Å². The van der Waals surface area contributed by atoms with Crippen LogP contribution < -0.4 is 5.32 Å². The van der Waals surface area contributed by atoms with Crippen LogP contribution in [0.4, 0.5) is 0 Å². The van der Waals surface area contributed by atoms with Crippen LogP contribution in [0.1, 0.15) is 19.0 Å². The van der Waals surface area contributed by atoms with Gasteiger partial charge in [-0.15, -0.1) is 11.3 Å². The largest absolute Gasteiger partial charge is 0.311 e. The fourth-order valence-corrected chi connectivity index (χ4v) is 3.65. The second-order valence-corrected chi connectivity index (χ2v) is 6.32. The van der Waals surface area contributed by atoms with Gasteiger partial charge in [-0.25, -0.2) is 4.98 Å². The predicted octanol–water partition coefficient (Wildman–Crippen LogP) is 3.44. The van der Waals surface area contributed by atoms with Crippen LogP contribution in [0.15, 0.2) is 46.0 Å². The highest BCUT2D eigenvalue weighted by atomic mass is 32.2. The van der Waals surface area contributed by atoms with Crippen LogP contribution in [-0.2, 0) is 6.54 Å². The Balaban J connectivity index is 1.88. The van der Waals surface area contributed by atoms with Crippen molar-refractivity contribution in [2.24, 2.45) is 0 Å². The van der Waals surface area contributed by atoms with Crippen LogP contribution in [0.5, 0.6) is 0 Å². The maximum atomic E-state index is 4.73. The first-order valence-corrected chi connectivity index (χ1v) is 8.31. The molecule has 4 nitrogen and oxygen atoms in total. The molecule has 20 heavy (non-hydrogen) atoms. The molecule has 0 aliphatic heterocycles. The van der Waals surface area contributed by atoms with Crippen LogP contribution in [0.3, 0.4) is 0 Å². The van der Waals surface area contributed by atoms with Crippen molar-refractivity contribution in [3.8, 4) is 0 Å². The minimum Gasteiger partial charge on any atom is -0.311 e. The molecular formula is C14H16N4S2. The lowest BCUT2D eigenvalue weighted by Crippen LogP contribution is -2.15. The molecule has 0 aromatic carbocycles. The number of nitrogens with zero attached hydrogens (tertiary/aromatic N) is 3. The zero-order valence-corrected chi connectivity index (χ0v) is 12.9. The van der Waals surface area contributed by atoms with Crippen molar-refractivity contribution in [2.45, 2.75) is 29.8 Å². The molecule has 104 valence electrons. The van der Waals surface area contributed by atoms with E-state index in [1.807, 2.05) is 24.5 Å². The molecular weight excluding hydrogens is 288 g/mol.